The number of anilines is 1. The van der Waals surface area contributed by atoms with E-state index in [1.165, 1.54) is 33.5 Å². The van der Waals surface area contributed by atoms with Crippen molar-refractivity contribution in [2.75, 3.05) is 24.6 Å². The van der Waals surface area contributed by atoms with Crippen LogP contribution in [0.1, 0.15) is 44.4 Å². The van der Waals surface area contributed by atoms with Crippen molar-refractivity contribution >= 4 is 34.2 Å². The Kier molecular flexibility index (Phi) is 6.22. The molecule has 0 N–H and O–H groups in total. The molecule has 186 valence electrons. The minimum Gasteiger partial charge on any atom is -0.478 e. The molecular formula is C21H24F3IN4O4S. The number of halogens is 4. The van der Waals surface area contributed by atoms with Gasteiger partial charge < -0.3 is 14.2 Å². The number of hydrogen-bond acceptors (Lipinski definition) is 8. The van der Waals surface area contributed by atoms with Crippen LogP contribution in [-0.4, -0.2) is 49.4 Å². The zero-order valence-corrected chi connectivity index (χ0v) is 21.1. The Morgan fingerprint density at radius 2 is 1.97 bits per heavy atom. The zero-order chi connectivity index (χ0) is 24.1. The molecule has 0 spiro atoms. The summed E-state index contributed by atoms with van der Waals surface area (Å²) in [5, 5.41) is 3.83. The highest BCUT2D eigenvalue weighted by Crippen LogP contribution is 2.58. The molecule has 0 amide bonds. The molecule has 2 atom stereocenters. The first-order chi connectivity index (χ1) is 16.1. The number of nitrogens with zero attached hydrogens (tertiary/aromatic N) is 4. The first-order valence-electron chi connectivity index (χ1n) is 11.3. The van der Waals surface area contributed by atoms with Gasteiger partial charge in [0.05, 0.1) is 38.9 Å². The molecule has 0 bridgehead atoms. The lowest BCUT2D eigenvalue weighted by molar-refractivity contribution is -0.166. The summed E-state index contributed by atoms with van der Waals surface area (Å²) in [6.07, 6.45) is 0.910. The smallest absolute Gasteiger partial charge is 0.403 e. The van der Waals surface area contributed by atoms with Crippen molar-refractivity contribution in [3.8, 4) is 5.88 Å². The summed E-state index contributed by atoms with van der Waals surface area (Å²) in [4.78, 5) is 10.2. The molecule has 0 radical (unpaired) electrons. The van der Waals surface area contributed by atoms with Crippen molar-refractivity contribution in [3.05, 3.63) is 24.2 Å². The van der Waals surface area contributed by atoms with Gasteiger partial charge >= 0.3 is 6.18 Å². The van der Waals surface area contributed by atoms with E-state index in [4.69, 9.17) is 9.26 Å². The van der Waals surface area contributed by atoms with Gasteiger partial charge in [0, 0.05) is 19.2 Å². The third kappa shape index (κ3) is 4.86. The maximum Gasteiger partial charge on any atom is 0.403 e. The van der Waals surface area contributed by atoms with Crippen LogP contribution in [0.5, 0.6) is 5.88 Å². The third-order valence-corrected chi connectivity index (χ3v) is 9.58. The lowest BCUT2D eigenvalue weighted by Crippen LogP contribution is -2.35. The largest absolute Gasteiger partial charge is 0.478 e. The fourth-order valence-electron chi connectivity index (χ4n) is 4.90. The van der Waals surface area contributed by atoms with E-state index in [1.807, 2.05) is 4.90 Å². The van der Waals surface area contributed by atoms with Crippen LogP contribution in [-0.2, 0) is 12.4 Å². The monoisotopic (exact) mass is 612 g/mol. The first-order valence-corrected chi connectivity index (χ1v) is 15.3. The van der Waals surface area contributed by atoms with Gasteiger partial charge in [-0.25, -0.2) is 13.4 Å². The highest BCUT2D eigenvalue weighted by atomic mass is 127. The van der Waals surface area contributed by atoms with E-state index in [1.54, 1.807) is 6.07 Å². The van der Waals surface area contributed by atoms with E-state index in [0.717, 1.165) is 25.7 Å². The van der Waals surface area contributed by atoms with Crippen LogP contribution in [0.25, 0.3) is 0 Å². The number of rotatable bonds is 8. The van der Waals surface area contributed by atoms with Gasteiger partial charge in [-0.05, 0) is 67.5 Å². The standard InChI is InChI=1S/C21H24F3IN4O4S/c22-21(23,24)20(6-7-20)18-27-19(28-33-18)29-8-3-13(4-9-29)16-11-14(16)5-10-32-17-2-1-15(12-26-17)34(25,30)31/h1-2,12-14,16H,3-11H2/t14?,16-/m1/s1. The van der Waals surface area contributed by atoms with Crippen molar-refractivity contribution in [1.82, 2.24) is 15.1 Å². The van der Waals surface area contributed by atoms with Gasteiger partial charge in [0.15, 0.2) is 0 Å². The molecule has 2 aromatic heterocycles. The Hall–Kier alpha value is -1.64. The molecule has 3 fully saturated rings. The summed E-state index contributed by atoms with van der Waals surface area (Å²) in [6.45, 7) is 1.94. The van der Waals surface area contributed by atoms with Crippen LogP contribution < -0.4 is 9.64 Å². The summed E-state index contributed by atoms with van der Waals surface area (Å²) < 4.78 is 73.5. The number of piperidine rings is 1. The Balaban J connectivity index is 1.05. The molecule has 1 aliphatic heterocycles. The predicted molar refractivity (Wildman–Crippen MR) is 123 cm³/mol. The molecular weight excluding hydrogens is 588 g/mol. The van der Waals surface area contributed by atoms with Crippen molar-refractivity contribution in [2.24, 2.45) is 17.8 Å². The SMILES string of the molecule is O=S(=O)(I)c1ccc(OCCC2C[C@@H]2C2CCN(c3noc(C4(C(F)(F)F)CC4)n3)CC2)nc1. The van der Waals surface area contributed by atoms with E-state index in [0.29, 0.717) is 43.3 Å². The van der Waals surface area contributed by atoms with E-state index in [9.17, 15) is 21.6 Å². The summed E-state index contributed by atoms with van der Waals surface area (Å²) in [6, 6.07) is 3.05. The average Bonchev–Trinajstić information content (AvgIpc) is 3.70. The molecule has 2 saturated carbocycles. The van der Waals surface area contributed by atoms with E-state index >= 15 is 0 Å². The second-order valence-corrected chi connectivity index (χ2v) is 14.2. The van der Waals surface area contributed by atoms with E-state index in [-0.39, 0.29) is 29.6 Å². The molecule has 13 heteroatoms. The number of pyridine rings is 1. The van der Waals surface area contributed by atoms with Gasteiger partial charge in [-0.1, -0.05) is 0 Å². The molecule has 0 aromatic carbocycles. The van der Waals surface area contributed by atoms with Crippen molar-refractivity contribution < 1.29 is 30.8 Å². The Morgan fingerprint density at radius 1 is 1.24 bits per heavy atom. The van der Waals surface area contributed by atoms with Crippen LogP contribution in [0.4, 0.5) is 19.1 Å². The second-order valence-electron chi connectivity index (χ2n) is 9.37. The molecule has 34 heavy (non-hydrogen) atoms. The van der Waals surface area contributed by atoms with Gasteiger partial charge in [0.2, 0.25) is 18.8 Å². The van der Waals surface area contributed by atoms with Crippen molar-refractivity contribution in [2.45, 2.75) is 55.0 Å². The maximum atomic E-state index is 13.3. The Morgan fingerprint density at radius 3 is 2.56 bits per heavy atom. The van der Waals surface area contributed by atoms with Crippen LogP contribution in [0.15, 0.2) is 27.7 Å². The molecule has 1 saturated heterocycles. The third-order valence-electron chi connectivity index (χ3n) is 7.25. The van der Waals surface area contributed by atoms with Crippen LogP contribution in [0, 0.1) is 17.8 Å². The number of hydrogen-bond donors (Lipinski definition) is 0. The van der Waals surface area contributed by atoms with Gasteiger partial charge in [-0.3, -0.25) is 0 Å². The van der Waals surface area contributed by atoms with Crippen LogP contribution >= 0.6 is 21.2 Å². The number of aromatic nitrogens is 3. The normalized spacial score (nSPS) is 24.8. The number of alkyl halides is 3. The second kappa shape index (κ2) is 8.79. The Labute approximate surface area is 207 Å². The quantitative estimate of drug-likeness (QED) is 0.318. The number of ether oxygens (including phenoxy) is 1. The molecule has 2 aliphatic carbocycles. The van der Waals surface area contributed by atoms with Gasteiger partial charge in [-0.2, -0.15) is 18.2 Å². The average molecular weight is 612 g/mol. The molecule has 3 aliphatic rings. The summed E-state index contributed by atoms with van der Waals surface area (Å²) >= 11 is 1.37. The summed E-state index contributed by atoms with van der Waals surface area (Å²) in [7, 11) is -3.30. The maximum absolute atomic E-state index is 13.3. The minimum absolute atomic E-state index is 0.00864. The fourth-order valence-corrected chi connectivity index (χ4v) is 6.09. The molecule has 8 nitrogen and oxygen atoms in total. The van der Waals surface area contributed by atoms with Gasteiger partial charge in [-0.15, -0.1) is 0 Å². The van der Waals surface area contributed by atoms with E-state index < -0.39 is 18.6 Å². The van der Waals surface area contributed by atoms with Crippen molar-refractivity contribution in [3.63, 3.8) is 0 Å². The highest BCUT2D eigenvalue weighted by Gasteiger charge is 2.68. The molecule has 3 heterocycles. The van der Waals surface area contributed by atoms with Gasteiger partial charge in [0.1, 0.15) is 5.41 Å². The van der Waals surface area contributed by atoms with Crippen LogP contribution in [0.3, 0.4) is 0 Å². The van der Waals surface area contributed by atoms with Gasteiger partial charge in [0.25, 0.3) is 5.95 Å². The predicted octanol–water partition coefficient (Wildman–Crippen LogP) is 4.50. The zero-order valence-electron chi connectivity index (χ0n) is 18.2. The minimum atomic E-state index is -4.36. The van der Waals surface area contributed by atoms with Crippen LogP contribution in [0.2, 0.25) is 0 Å². The first kappa shape index (κ1) is 24.1. The molecule has 2 aromatic rings. The van der Waals surface area contributed by atoms with E-state index in [2.05, 4.69) is 15.1 Å². The highest BCUT2D eigenvalue weighted by molar-refractivity contribution is 14.2. The lowest BCUT2D eigenvalue weighted by Gasteiger charge is -2.31. The molecule has 5 rings (SSSR count). The molecule has 1 unspecified atom stereocenters. The topological polar surface area (TPSA) is 98.4 Å². The summed E-state index contributed by atoms with van der Waals surface area (Å²) in [5.74, 6) is 2.16. The summed E-state index contributed by atoms with van der Waals surface area (Å²) in [5.41, 5.74) is -1.94. The lowest BCUT2D eigenvalue weighted by atomic mass is 9.90. The fraction of sp³-hybridized carbons (Fsp3) is 0.667. The Bertz CT molecular complexity index is 1130. The van der Waals surface area contributed by atoms with Crippen molar-refractivity contribution in [1.29, 1.82) is 0 Å².